The summed E-state index contributed by atoms with van der Waals surface area (Å²) >= 11 is 5.50. The van der Waals surface area contributed by atoms with Gasteiger partial charge in [0.1, 0.15) is 5.82 Å². The number of nitro benzene ring substituents is 1. The van der Waals surface area contributed by atoms with Gasteiger partial charge in [0, 0.05) is 6.07 Å². The number of ether oxygens (including phenoxy) is 2. The first-order chi connectivity index (χ1) is 10.3. The smallest absolute Gasteiger partial charge is 0.325 e. The molecule has 9 heteroatoms. The molecule has 0 aromatic heterocycles. The van der Waals surface area contributed by atoms with Gasteiger partial charge in [0.05, 0.1) is 28.7 Å². The van der Waals surface area contributed by atoms with Crippen LogP contribution in [0.2, 0.25) is 5.02 Å². The van der Waals surface area contributed by atoms with Gasteiger partial charge in [0.25, 0.3) is 5.69 Å². The first-order valence-corrected chi connectivity index (χ1v) is 6.67. The summed E-state index contributed by atoms with van der Waals surface area (Å²) in [6.45, 7) is 2.88. The maximum absolute atomic E-state index is 13.6. The minimum absolute atomic E-state index is 0.0569. The molecule has 0 saturated heterocycles. The van der Waals surface area contributed by atoms with Crippen molar-refractivity contribution in [2.75, 3.05) is 13.2 Å². The summed E-state index contributed by atoms with van der Waals surface area (Å²) in [4.78, 5) is 34.1. The van der Waals surface area contributed by atoms with Crippen LogP contribution in [0, 0.1) is 15.9 Å². The SMILES string of the molecule is CCOC(=O)C(C(=O)OCC)c1cc(F)c(Cl)cc1[N+](=O)[O-]. The highest BCUT2D eigenvalue weighted by atomic mass is 35.5. The third-order valence-corrected chi connectivity index (χ3v) is 2.91. The number of carbonyl (C=O) groups excluding carboxylic acids is 2. The molecule has 0 aliphatic rings. The van der Waals surface area contributed by atoms with Crippen LogP contribution in [0.4, 0.5) is 10.1 Å². The van der Waals surface area contributed by atoms with Crippen LogP contribution in [0.25, 0.3) is 0 Å². The molecule has 0 saturated carbocycles. The third kappa shape index (κ3) is 3.91. The van der Waals surface area contributed by atoms with Crippen LogP contribution < -0.4 is 0 Å². The van der Waals surface area contributed by atoms with Crippen molar-refractivity contribution in [3.63, 3.8) is 0 Å². The Morgan fingerprint density at radius 2 is 1.77 bits per heavy atom. The van der Waals surface area contributed by atoms with E-state index in [9.17, 15) is 24.1 Å². The normalized spacial score (nSPS) is 10.4. The highest BCUT2D eigenvalue weighted by molar-refractivity contribution is 6.31. The van der Waals surface area contributed by atoms with Crippen LogP contribution in [-0.2, 0) is 19.1 Å². The number of nitrogens with zero attached hydrogens (tertiary/aromatic N) is 1. The molecule has 0 fully saturated rings. The molecule has 1 rings (SSSR count). The van der Waals surface area contributed by atoms with E-state index in [1.807, 2.05) is 0 Å². The number of hydrogen-bond donors (Lipinski definition) is 0. The van der Waals surface area contributed by atoms with Gasteiger partial charge in [0.2, 0.25) is 0 Å². The number of carbonyl (C=O) groups is 2. The maximum atomic E-state index is 13.6. The van der Waals surface area contributed by atoms with Gasteiger partial charge in [0.15, 0.2) is 5.92 Å². The molecule has 0 heterocycles. The highest BCUT2D eigenvalue weighted by Crippen LogP contribution is 2.33. The fourth-order valence-electron chi connectivity index (χ4n) is 1.74. The van der Waals surface area contributed by atoms with E-state index in [2.05, 4.69) is 0 Å². The molecule has 0 radical (unpaired) electrons. The summed E-state index contributed by atoms with van der Waals surface area (Å²) < 4.78 is 23.0. The van der Waals surface area contributed by atoms with E-state index in [-0.39, 0.29) is 13.2 Å². The molecule has 0 atom stereocenters. The minimum Gasteiger partial charge on any atom is -0.465 e. The van der Waals surface area contributed by atoms with Crippen LogP contribution in [0.1, 0.15) is 25.3 Å². The molecule has 1 aromatic carbocycles. The van der Waals surface area contributed by atoms with E-state index >= 15 is 0 Å². The molecule has 0 amide bonds. The molecule has 1 aromatic rings. The van der Waals surface area contributed by atoms with Crippen molar-refractivity contribution < 1.29 is 28.4 Å². The lowest BCUT2D eigenvalue weighted by Crippen LogP contribution is -2.27. The van der Waals surface area contributed by atoms with Gasteiger partial charge in [-0.25, -0.2) is 4.39 Å². The molecular weight excluding hydrogens is 321 g/mol. The van der Waals surface area contributed by atoms with Crippen LogP contribution in [0.3, 0.4) is 0 Å². The molecule has 0 aliphatic carbocycles. The number of rotatable bonds is 6. The van der Waals surface area contributed by atoms with Gasteiger partial charge < -0.3 is 9.47 Å². The Morgan fingerprint density at radius 1 is 1.27 bits per heavy atom. The van der Waals surface area contributed by atoms with Crippen LogP contribution in [0.5, 0.6) is 0 Å². The van der Waals surface area contributed by atoms with Gasteiger partial charge in [-0.3, -0.25) is 19.7 Å². The zero-order valence-electron chi connectivity index (χ0n) is 11.8. The zero-order chi connectivity index (χ0) is 16.9. The largest absolute Gasteiger partial charge is 0.465 e. The zero-order valence-corrected chi connectivity index (χ0v) is 12.6. The Labute approximate surface area is 130 Å². The predicted molar refractivity (Wildman–Crippen MR) is 74.1 cm³/mol. The lowest BCUT2D eigenvalue weighted by Gasteiger charge is -2.15. The third-order valence-electron chi connectivity index (χ3n) is 2.62. The Hall–Kier alpha value is -2.22. The van der Waals surface area contributed by atoms with Gasteiger partial charge in [-0.1, -0.05) is 11.6 Å². The number of halogens is 2. The topological polar surface area (TPSA) is 95.7 Å². The molecule has 0 spiro atoms. The lowest BCUT2D eigenvalue weighted by molar-refractivity contribution is -0.385. The Balaban J connectivity index is 3.47. The van der Waals surface area contributed by atoms with Crippen molar-refractivity contribution in [1.29, 1.82) is 0 Å². The monoisotopic (exact) mass is 333 g/mol. The average Bonchev–Trinajstić information content (AvgIpc) is 2.43. The minimum atomic E-state index is -1.76. The predicted octanol–water partition coefficient (Wildman–Crippen LogP) is 2.60. The number of esters is 2. The molecule has 0 aliphatic heterocycles. The molecule has 22 heavy (non-hydrogen) atoms. The van der Waals surface area contributed by atoms with Gasteiger partial charge in [-0.05, 0) is 19.9 Å². The quantitative estimate of drug-likeness (QED) is 0.343. The summed E-state index contributed by atoms with van der Waals surface area (Å²) in [7, 11) is 0. The van der Waals surface area contributed by atoms with Crippen molar-refractivity contribution in [3.05, 3.63) is 38.7 Å². The van der Waals surface area contributed by atoms with Gasteiger partial charge >= 0.3 is 11.9 Å². The molecule has 7 nitrogen and oxygen atoms in total. The Bertz CT molecular complexity index is 588. The fourth-order valence-corrected chi connectivity index (χ4v) is 1.90. The van der Waals surface area contributed by atoms with Crippen LogP contribution in [0.15, 0.2) is 12.1 Å². The first-order valence-electron chi connectivity index (χ1n) is 6.30. The van der Waals surface area contributed by atoms with E-state index in [4.69, 9.17) is 21.1 Å². The Morgan fingerprint density at radius 3 is 2.18 bits per heavy atom. The van der Waals surface area contributed by atoms with E-state index < -0.39 is 44.9 Å². The van der Waals surface area contributed by atoms with E-state index in [1.165, 1.54) is 13.8 Å². The fraction of sp³-hybridized carbons (Fsp3) is 0.385. The van der Waals surface area contributed by atoms with Crippen LogP contribution >= 0.6 is 11.6 Å². The van der Waals surface area contributed by atoms with Crippen LogP contribution in [-0.4, -0.2) is 30.1 Å². The van der Waals surface area contributed by atoms with Crippen molar-refractivity contribution in [3.8, 4) is 0 Å². The average molecular weight is 334 g/mol. The van der Waals surface area contributed by atoms with E-state index in [0.29, 0.717) is 6.07 Å². The first kappa shape index (κ1) is 17.8. The number of benzene rings is 1. The standard InChI is InChI=1S/C13H13ClFNO6/c1-3-21-12(17)11(13(18)22-4-2)7-5-9(15)8(14)6-10(7)16(19)20/h5-6,11H,3-4H2,1-2H3. The summed E-state index contributed by atoms with van der Waals surface area (Å²) in [6.07, 6.45) is 0. The summed E-state index contributed by atoms with van der Waals surface area (Å²) in [5.41, 5.74) is -1.14. The van der Waals surface area contributed by atoms with Crippen molar-refractivity contribution in [2.45, 2.75) is 19.8 Å². The van der Waals surface area contributed by atoms with Gasteiger partial charge in [-0.2, -0.15) is 0 Å². The van der Waals surface area contributed by atoms with E-state index in [1.54, 1.807) is 0 Å². The number of nitro groups is 1. The Kier molecular flexibility index (Phi) is 6.24. The second-order valence-corrected chi connectivity index (χ2v) is 4.43. The van der Waals surface area contributed by atoms with Crippen molar-refractivity contribution >= 4 is 29.2 Å². The van der Waals surface area contributed by atoms with E-state index in [0.717, 1.165) is 6.07 Å². The van der Waals surface area contributed by atoms with Crippen molar-refractivity contribution in [2.24, 2.45) is 0 Å². The second-order valence-electron chi connectivity index (χ2n) is 4.02. The molecule has 0 unspecified atom stereocenters. The lowest BCUT2D eigenvalue weighted by atomic mass is 9.97. The number of hydrogen-bond acceptors (Lipinski definition) is 6. The maximum Gasteiger partial charge on any atom is 0.325 e. The summed E-state index contributed by atoms with van der Waals surface area (Å²) in [5, 5.41) is 10.6. The summed E-state index contributed by atoms with van der Waals surface area (Å²) in [5.74, 6) is -4.88. The second kappa shape index (κ2) is 7.69. The van der Waals surface area contributed by atoms with Gasteiger partial charge in [-0.15, -0.1) is 0 Å². The molecule has 120 valence electrons. The highest BCUT2D eigenvalue weighted by Gasteiger charge is 2.37. The summed E-state index contributed by atoms with van der Waals surface area (Å²) in [6, 6.07) is 1.40. The molecule has 0 bridgehead atoms. The van der Waals surface area contributed by atoms with Crippen molar-refractivity contribution in [1.82, 2.24) is 0 Å². The molecular formula is C13H13ClFNO6. The molecule has 0 N–H and O–H groups in total.